The number of rotatable bonds is 6. The van der Waals surface area contributed by atoms with Gasteiger partial charge in [-0.25, -0.2) is 8.78 Å². The molecule has 0 unspecified atom stereocenters. The van der Waals surface area contributed by atoms with Crippen LogP contribution >= 0.6 is 0 Å². The van der Waals surface area contributed by atoms with Crippen molar-refractivity contribution in [3.63, 3.8) is 0 Å². The first kappa shape index (κ1) is 36.1. The Morgan fingerprint density at radius 3 is 0.984 bits per heavy atom. The van der Waals surface area contributed by atoms with E-state index in [0.29, 0.717) is 11.1 Å². The quantitative estimate of drug-likeness (QED) is 0.159. The second kappa shape index (κ2) is 13.6. The Hall–Kier alpha value is -7.76. The molecular weight excluding hydrogens is 765 g/mol. The van der Waals surface area contributed by atoms with Gasteiger partial charge in [0.15, 0.2) is 0 Å². The predicted octanol–water partition coefficient (Wildman–Crippen LogP) is 15.4. The first-order valence-corrected chi connectivity index (χ1v) is 21.1. The highest BCUT2D eigenvalue weighted by molar-refractivity contribution is 6.13. The van der Waals surface area contributed by atoms with Gasteiger partial charge in [-0.05, 0) is 91.7 Å². The van der Waals surface area contributed by atoms with Gasteiger partial charge in [0.1, 0.15) is 11.6 Å². The number of aromatic nitrogens is 3. The molecule has 12 aromatic rings. The highest BCUT2D eigenvalue weighted by Crippen LogP contribution is 2.51. The zero-order valence-corrected chi connectivity index (χ0v) is 34.2. The predicted molar refractivity (Wildman–Crippen MR) is 254 cm³/mol. The molecule has 0 radical (unpaired) electrons. The van der Waals surface area contributed by atoms with Gasteiger partial charge in [-0.15, -0.1) is 0 Å². The fraction of sp³-hybridized carbons (Fsp3) is 0.0526. The molecular formula is C57H39F2N3. The van der Waals surface area contributed by atoms with Crippen LogP contribution in [-0.4, -0.2) is 13.7 Å². The summed E-state index contributed by atoms with van der Waals surface area (Å²) < 4.78 is 38.9. The van der Waals surface area contributed by atoms with Gasteiger partial charge in [0.25, 0.3) is 0 Å². The lowest BCUT2D eigenvalue weighted by Crippen LogP contribution is -2.31. The van der Waals surface area contributed by atoms with Crippen LogP contribution in [0.1, 0.15) is 19.4 Å². The maximum atomic E-state index is 15.8. The van der Waals surface area contributed by atoms with Crippen LogP contribution in [0, 0.1) is 11.6 Å². The van der Waals surface area contributed by atoms with Crippen LogP contribution in [-0.2, 0) is 5.54 Å². The SMILES string of the molecule is CC(C)(c1c(-n2c3ccccc3c3ccccc32)c(-c2cccc(F)c2)cc(-c2cccc(F)c2)c1-n1c2ccccc2c2ccccc21)n1c2ccccc2c2ccccc21. The number of para-hydroxylation sites is 6. The first-order chi connectivity index (χ1) is 30.4. The minimum atomic E-state index is -0.849. The molecule has 3 aromatic heterocycles. The fourth-order valence-electron chi connectivity index (χ4n) is 10.4. The Bertz CT molecular complexity index is 3430. The third-order valence-corrected chi connectivity index (χ3v) is 12.9. The highest BCUT2D eigenvalue weighted by atomic mass is 19.1. The first-order valence-electron chi connectivity index (χ1n) is 21.1. The summed E-state index contributed by atoms with van der Waals surface area (Å²) in [6, 6.07) is 67.4. The van der Waals surface area contributed by atoms with Crippen molar-refractivity contribution in [3.05, 3.63) is 217 Å². The van der Waals surface area contributed by atoms with Crippen molar-refractivity contribution < 1.29 is 8.78 Å². The standard InChI is InChI=1S/C57H39F2N3/c1-57(2,62-52-31-13-7-25-44(52)45-26-8-14-32-53(45)62)54-55(60-48-27-9-3-21-40(48)41-22-4-10-28-49(41)60)46(36-17-15-19-38(58)33-36)35-47(37-18-16-20-39(59)34-37)56(54)61-50-29-11-5-23-42(50)43-24-6-12-30-51(43)61/h3-35H,1-2H3. The number of benzene rings is 9. The smallest absolute Gasteiger partial charge is 0.123 e. The number of hydrogen-bond donors (Lipinski definition) is 0. The van der Waals surface area contributed by atoms with Gasteiger partial charge in [0.05, 0.1) is 39.0 Å². The zero-order chi connectivity index (χ0) is 41.7. The summed E-state index contributed by atoms with van der Waals surface area (Å²) in [6.07, 6.45) is 0. The maximum Gasteiger partial charge on any atom is 0.123 e. The average Bonchev–Trinajstić information content (AvgIpc) is 3.94. The summed E-state index contributed by atoms with van der Waals surface area (Å²) >= 11 is 0. The van der Waals surface area contributed by atoms with E-state index in [1.54, 1.807) is 24.3 Å². The van der Waals surface area contributed by atoms with Crippen molar-refractivity contribution >= 4 is 65.4 Å². The average molecular weight is 804 g/mol. The number of nitrogens with zero attached hydrogens (tertiary/aromatic N) is 3. The van der Waals surface area contributed by atoms with E-state index in [1.807, 2.05) is 12.1 Å². The summed E-state index contributed by atoms with van der Waals surface area (Å²) in [5.74, 6) is -0.671. The zero-order valence-electron chi connectivity index (χ0n) is 34.2. The number of hydrogen-bond acceptors (Lipinski definition) is 0. The van der Waals surface area contributed by atoms with E-state index in [1.165, 1.54) is 12.1 Å². The van der Waals surface area contributed by atoms with E-state index < -0.39 is 5.54 Å². The Kier molecular flexibility index (Phi) is 7.94. The highest BCUT2D eigenvalue weighted by Gasteiger charge is 2.38. The van der Waals surface area contributed by atoms with E-state index >= 15 is 8.78 Å². The van der Waals surface area contributed by atoms with Gasteiger partial charge in [0.2, 0.25) is 0 Å². The van der Waals surface area contributed by atoms with Gasteiger partial charge in [0, 0.05) is 60.0 Å². The lowest BCUT2D eigenvalue weighted by Gasteiger charge is -2.37. The molecule has 0 fully saturated rings. The Morgan fingerprint density at radius 2 is 0.645 bits per heavy atom. The van der Waals surface area contributed by atoms with Crippen molar-refractivity contribution in [1.29, 1.82) is 0 Å². The van der Waals surface area contributed by atoms with Crippen LogP contribution in [0.3, 0.4) is 0 Å². The second-order valence-electron chi connectivity index (χ2n) is 16.7. The van der Waals surface area contributed by atoms with Crippen LogP contribution in [0.4, 0.5) is 8.78 Å². The molecule has 3 heterocycles. The summed E-state index contributed by atoms with van der Waals surface area (Å²) in [4.78, 5) is 0. The van der Waals surface area contributed by atoms with Crippen molar-refractivity contribution in [2.45, 2.75) is 19.4 Å². The van der Waals surface area contributed by atoms with Crippen LogP contribution < -0.4 is 0 Å². The summed E-state index contributed by atoms with van der Waals surface area (Å²) in [5.41, 5.74) is 11.3. The van der Waals surface area contributed by atoms with Gasteiger partial charge in [-0.1, -0.05) is 133 Å². The molecule has 0 saturated heterocycles. The minimum Gasteiger partial charge on any atom is -0.330 e. The summed E-state index contributed by atoms with van der Waals surface area (Å²) in [6.45, 7) is 4.61. The summed E-state index contributed by atoms with van der Waals surface area (Å²) in [7, 11) is 0. The van der Waals surface area contributed by atoms with E-state index in [-0.39, 0.29) is 11.6 Å². The van der Waals surface area contributed by atoms with Crippen molar-refractivity contribution in [3.8, 4) is 33.6 Å². The van der Waals surface area contributed by atoms with Crippen LogP contribution in [0.2, 0.25) is 0 Å². The monoisotopic (exact) mass is 803 g/mol. The summed E-state index contributed by atoms with van der Waals surface area (Å²) in [5, 5.41) is 6.76. The van der Waals surface area contributed by atoms with Gasteiger partial charge >= 0.3 is 0 Å². The number of fused-ring (bicyclic) bond motifs is 9. The van der Waals surface area contributed by atoms with Gasteiger partial charge < -0.3 is 13.7 Å². The van der Waals surface area contributed by atoms with Crippen molar-refractivity contribution in [2.75, 3.05) is 0 Å². The minimum absolute atomic E-state index is 0.336. The molecule has 5 heteroatoms. The van der Waals surface area contributed by atoms with Crippen LogP contribution in [0.15, 0.2) is 200 Å². The molecule has 0 aliphatic heterocycles. The van der Waals surface area contributed by atoms with Crippen LogP contribution in [0.25, 0.3) is 99.0 Å². The lowest BCUT2D eigenvalue weighted by molar-refractivity contribution is 0.462. The van der Waals surface area contributed by atoms with Crippen LogP contribution in [0.5, 0.6) is 0 Å². The molecule has 0 atom stereocenters. The molecule has 0 amide bonds. The van der Waals surface area contributed by atoms with Gasteiger partial charge in [-0.2, -0.15) is 0 Å². The largest absolute Gasteiger partial charge is 0.330 e. The Balaban J connectivity index is 1.41. The fourth-order valence-corrected chi connectivity index (χ4v) is 10.4. The Labute approximate surface area is 356 Å². The van der Waals surface area contributed by atoms with E-state index in [9.17, 15) is 0 Å². The maximum absolute atomic E-state index is 15.8. The molecule has 3 nitrogen and oxygen atoms in total. The molecule has 0 bridgehead atoms. The van der Waals surface area contributed by atoms with E-state index in [0.717, 1.165) is 93.5 Å². The molecule has 0 aliphatic carbocycles. The Morgan fingerprint density at radius 1 is 0.339 bits per heavy atom. The molecule has 62 heavy (non-hydrogen) atoms. The normalized spacial score (nSPS) is 12.2. The molecule has 0 N–H and O–H groups in total. The molecule has 12 rings (SSSR count). The lowest BCUT2D eigenvalue weighted by atomic mass is 9.82. The van der Waals surface area contributed by atoms with Crippen molar-refractivity contribution in [1.82, 2.24) is 13.7 Å². The van der Waals surface area contributed by atoms with E-state index in [2.05, 4.69) is 179 Å². The topological polar surface area (TPSA) is 14.8 Å². The third kappa shape index (κ3) is 5.21. The third-order valence-electron chi connectivity index (χ3n) is 12.9. The van der Waals surface area contributed by atoms with Gasteiger partial charge in [-0.3, -0.25) is 0 Å². The molecule has 296 valence electrons. The molecule has 0 aliphatic rings. The second-order valence-corrected chi connectivity index (χ2v) is 16.7. The van der Waals surface area contributed by atoms with E-state index in [4.69, 9.17) is 0 Å². The van der Waals surface area contributed by atoms with Crippen molar-refractivity contribution in [2.24, 2.45) is 0 Å². The molecule has 9 aromatic carbocycles. The molecule has 0 saturated carbocycles. The number of halogens is 2. The molecule has 0 spiro atoms.